The molecule has 0 amide bonds. The monoisotopic (exact) mass is 249 g/mol. The van der Waals surface area contributed by atoms with Crippen LogP contribution in [0.25, 0.3) is 0 Å². The van der Waals surface area contributed by atoms with Gasteiger partial charge in [-0.1, -0.05) is 17.8 Å². The van der Waals surface area contributed by atoms with Crippen LogP contribution in [0.1, 0.15) is 26.5 Å². The minimum absolute atomic E-state index is 0.101. The van der Waals surface area contributed by atoms with Gasteiger partial charge in [0.2, 0.25) is 5.16 Å². The van der Waals surface area contributed by atoms with Gasteiger partial charge in [-0.15, -0.1) is 5.10 Å². The van der Waals surface area contributed by atoms with Crippen LogP contribution in [-0.2, 0) is 11.3 Å². The summed E-state index contributed by atoms with van der Waals surface area (Å²) in [5.74, 6) is 0.775. The van der Waals surface area contributed by atoms with Crippen molar-refractivity contribution in [2.75, 3.05) is 0 Å². The van der Waals surface area contributed by atoms with Gasteiger partial charge in [-0.2, -0.15) is 0 Å². The van der Waals surface area contributed by atoms with E-state index >= 15 is 0 Å². The molecule has 90 valence electrons. The van der Waals surface area contributed by atoms with Crippen LogP contribution in [0.15, 0.2) is 29.6 Å². The molecule has 2 rings (SSSR count). The lowest BCUT2D eigenvalue weighted by Gasteiger charge is -2.19. The third-order valence-corrected chi connectivity index (χ3v) is 3.10. The Balaban J connectivity index is 2.08. The summed E-state index contributed by atoms with van der Waals surface area (Å²) < 4.78 is 1.83. The van der Waals surface area contributed by atoms with Crippen LogP contribution >= 0.6 is 11.8 Å². The summed E-state index contributed by atoms with van der Waals surface area (Å²) in [6, 6.07) is 5.89. The smallest absolute Gasteiger partial charge is 0.210 e. The highest BCUT2D eigenvalue weighted by Gasteiger charge is 2.19. The highest BCUT2D eigenvalue weighted by molar-refractivity contribution is 7.98. The van der Waals surface area contributed by atoms with Crippen molar-refractivity contribution >= 4 is 11.8 Å². The zero-order valence-electron chi connectivity index (χ0n) is 10.2. The predicted molar refractivity (Wildman–Crippen MR) is 66.6 cm³/mol. The Hall–Kier alpha value is -1.43. The minimum atomic E-state index is -0.101. The van der Waals surface area contributed by atoms with Gasteiger partial charge >= 0.3 is 0 Å². The maximum absolute atomic E-state index is 4.27. The van der Waals surface area contributed by atoms with Crippen molar-refractivity contribution in [2.45, 2.75) is 37.2 Å². The first-order chi connectivity index (χ1) is 8.07. The fourth-order valence-corrected chi connectivity index (χ4v) is 2.29. The number of hydrogen-bond acceptors (Lipinski definition) is 5. The lowest BCUT2D eigenvalue weighted by molar-refractivity contribution is 0.321. The zero-order valence-corrected chi connectivity index (χ0v) is 11.0. The van der Waals surface area contributed by atoms with Gasteiger partial charge in [0.15, 0.2) is 0 Å². The molecule has 5 nitrogen and oxygen atoms in total. The van der Waals surface area contributed by atoms with Gasteiger partial charge in [0.05, 0.1) is 11.2 Å². The Morgan fingerprint density at radius 1 is 1.29 bits per heavy atom. The molecule has 2 aromatic heterocycles. The first-order valence-corrected chi connectivity index (χ1v) is 6.37. The van der Waals surface area contributed by atoms with Gasteiger partial charge in [-0.3, -0.25) is 4.98 Å². The second-order valence-corrected chi connectivity index (χ2v) is 5.60. The Morgan fingerprint density at radius 3 is 2.76 bits per heavy atom. The van der Waals surface area contributed by atoms with Crippen molar-refractivity contribution in [1.29, 1.82) is 0 Å². The van der Waals surface area contributed by atoms with Crippen molar-refractivity contribution in [3.05, 3.63) is 30.1 Å². The molecule has 0 saturated carbocycles. The molecule has 0 spiro atoms. The van der Waals surface area contributed by atoms with E-state index in [1.165, 1.54) is 0 Å². The summed E-state index contributed by atoms with van der Waals surface area (Å²) in [7, 11) is 0. The number of pyridine rings is 1. The molecule has 0 aliphatic rings. The molecule has 0 aliphatic heterocycles. The van der Waals surface area contributed by atoms with Crippen LogP contribution in [0, 0.1) is 0 Å². The second kappa shape index (κ2) is 4.83. The lowest BCUT2D eigenvalue weighted by atomic mass is 10.1. The van der Waals surface area contributed by atoms with E-state index in [-0.39, 0.29) is 5.54 Å². The van der Waals surface area contributed by atoms with E-state index in [0.29, 0.717) is 0 Å². The van der Waals surface area contributed by atoms with Crippen molar-refractivity contribution in [3.63, 3.8) is 0 Å². The number of thioether (sulfide) groups is 1. The molecule has 0 aromatic carbocycles. The van der Waals surface area contributed by atoms with E-state index in [9.17, 15) is 0 Å². The van der Waals surface area contributed by atoms with Crippen molar-refractivity contribution < 1.29 is 0 Å². The van der Waals surface area contributed by atoms with Gasteiger partial charge in [0.25, 0.3) is 0 Å². The predicted octanol–water partition coefficient (Wildman–Crippen LogP) is 2.12. The number of nitrogens with zero attached hydrogens (tertiary/aromatic N) is 5. The number of aromatic nitrogens is 5. The highest BCUT2D eigenvalue weighted by Crippen LogP contribution is 2.23. The topological polar surface area (TPSA) is 56.5 Å². The number of hydrogen-bond donors (Lipinski definition) is 0. The van der Waals surface area contributed by atoms with Gasteiger partial charge in [-0.25, -0.2) is 4.68 Å². The van der Waals surface area contributed by atoms with Gasteiger partial charge in [0, 0.05) is 11.9 Å². The average molecular weight is 249 g/mol. The summed E-state index contributed by atoms with van der Waals surface area (Å²) in [5, 5.41) is 12.6. The molecular weight excluding hydrogens is 234 g/mol. The van der Waals surface area contributed by atoms with E-state index < -0.39 is 0 Å². The van der Waals surface area contributed by atoms with Crippen LogP contribution in [0.3, 0.4) is 0 Å². The second-order valence-electron chi connectivity index (χ2n) is 4.65. The molecule has 0 atom stereocenters. The minimum Gasteiger partial charge on any atom is -0.260 e. The maximum Gasteiger partial charge on any atom is 0.210 e. The summed E-state index contributed by atoms with van der Waals surface area (Å²) in [6.45, 7) is 6.23. The van der Waals surface area contributed by atoms with Gasteiger partial charge < -0.3 is 0 Å². The fraction of sp³-hybridized carbons (Fsp3) is 0.455. The molecule has 0 aliphatic carbocycles. The van der Waals surface area contributed by atoms with Crippen LogP contribution < -0.4 is 0 Å². The van der Waals surface area contributed by atoms with Crippen molar-refractivity contribution in [1.82, 2.24) is 25.2 Å². The molecule has 0 N–H and O–H groups in total. The van der Waals surface area contributed by atoms with Gasteiger partial charge in [-0.05, 0) is 43.3 Å². The molecule has 2 heterocycles. The molecule has 2 aromatic rings. The molecule has 6 heteroatoms. The van der Waals surface area contributed by atoms with Crippen molar-refractivity contribution in [3.8, 4) is 0 Å². The molecule has 0 saturated heterocycles. The molecule has 0 radical (unpaired) electrons. The zero-order chi connectivity index (χ0) is 12.3. The summed E-state index contributed by atoms with van der Waals surface area (Å²) in [4.78, 5) is 4.27. The van der Waals surface area contributed by atoms with E-state index in [1.54, 1.807) is 18.0 Å². The van der Waals surface area contributed by atoms with Crippen LogP contribution in [0.5, 0.6) is 0 Å². The van der Waals surface area contributed by atoms with E-state index in [1.807, 2.05) is 22.9 Å². The number of rotatable bonds is 3. The quantitative estimate of drug-likeness (QED) is 0.780. The fourth-order valence-electron chi connectivity index (χ4n) is 1.31. The third kappa shape index (κ3) is 3.03. The Labute approximate surface area is 105 Å². The maximum atomic E-state index is 4.27. The molecule has 0 bridgehead atoms. The standard InChI is InChI=1S/C11H15N5S/c1-11(2,3)16-10(13-14-15-16)17-8-9-6-4-5-7-12-9/h4-7H,8H2,1-3H3. The Bertz CT molecular complexity index is 474. The van der Waals surface area contributed by atoms with Crippen molar-refractivity contribution in [2.24, 2.45) is 0 Å². The van der Waals surface area contributed by atoms with E-state index in [2.05, 4.69) is 41.3 Å². The largest absolute Gasteiger partial charge is 0.260 e. The van der Waals surface area contributed by atoms with Gasteiger partial charge in [0.1, 0.15) is 0 Å². The van der Waals surface area contributed by atoms with E-state index in [0.717, 1.165) is 16.6 Å². The normalized spacial score (nSPS) is 11.7. The SMILES string of the molecule is CC(C)(C)n1nnnc1SCc1ccccn1. The summed E-state index contributed by atoms with van der Waals surface area (Å²) in [5.41, 5.74) is 0.927. The molecule has 17 heavy (non-hydrogen) atoms. The van der Waals surface area contributed by atoms with Crippen LogP contribution in [0.4, 0.5) is 0 Å². The first-order valence-electron chi connectivity index (χ1n) is 5.39. The summed E-state index contributed by atoms with van der Waals surface area (Å²) in [6.07, 6.45) is 1.79. The highest BCUT2D eigenvalue weighted by atomic mass is 32.2. The lowest BCUT2D eigenvalue weighted by Crippen LogP contribution is -2.24. The Morgan fingerprint density at radius 2 is 2.12 bits per heavy atom. The van der Waals surface area contributed by atoms with Crippen LogP contribution in [-0.4, -0.2) is 25.2 Å². The molecular formula is C11H15N5S. The van der Waals surface area contributed by atoms with E-state index in [4.69, 9.17) is 0 Å². The molecule has 0 unspecified atom stereocenters. The number of tetrazole rings is 1. The van der Waals surface area contributed by atoms with Crippen LogP contribution in [0.2, 0.25) is 0 Å². The average Bonchev–Trinajstić information content (AvgIpc) is 2.75. The first kappa shape index (κ1) is 12.0. The third-order valence-electron chi connectivity index (χ3n) is 2.15. The molecule has 0 fully saturated rings. The summed E-state index contributed by atoms with van der Waals surface area (Å²) >= 11 is 1.60. The Kier molecular flexibility index (Phi) is 3.42.